The van der Waals surface area contributed by atoms with E-state index in [1.54, 1.807) is 27.7 Å². The monoisotopic (exact) mass is 406 g/mol. The van der Waals surface area contributed by atoms with Crippen LogP contribution in [0.15, 0.2) is 38.7 Å². The van der Waals surface area contributed by atoms with E-state index in [9.17, 15) is 4.79 Å². The molecule has 0 radical (unpaired) electrons. The van der Waals surface area contributed by atoms with Gasteiger partial charge in [0.1, 0.15) is 4.83 Å². The third kappa shape index (κ3) is 2.66. The Kier molecular flexibility index (Phi) is 4.07. The zero-order valence-corrected chi connectivity index (χ0v) is 15.9. The van der Waals surface area contributed by atoms with E-state index >= 15 is 0 Å². The lowest BCUT2D eigenvalue weighted by Crippen LogP contribution is -2.20. The summed E-state index contributed by atoms with van der Waals surface area (Å²) in [7, 11) is 1.83. The van der Waals surface area contributed by atoms with Crippen molar-refractivity contribution in [2.24, 2.45) is 7.05 Å². The molecule has 2 aromatic heterocycles. The zero-order valence-electron chi connectivity index (χ0n) is 12.6. The van der Waals surface area contributed by atoms with Crippen LogP contribution >= 0.6 is 39.0 Å². The summed E-state index contributed by atoms with van der Waals surface area (Å²) in [5.74, 6) is 0.790. The van der Waals surface area contributed by atoms with Crippen molar-refractivity contribution in [3.8, 4) is 0 Å². The number of hydrogen-bond acceptors (Lipinski definition) is 4. The molecule has 0 spiro atoms. The van der Waals surface area contributed by atoms with E-state index < -0.39 is 0 Å². The number of halogens is 1. The van der Waals surface area contributed by atoms with Gasteiger partial charge in [0.05, 0.1) is 5.39 Å². The van der Waals surface area contributed by atoms with Gasteiger partial charge in [-0.3, -0.25) is 9.36 Å². The molecule has 0 saturated heterocycles. The van der Waals surface area contributed by atoms with E-state index in [1.807, 2.05) is 25.2 Å². The summed E-state index contributed by atoms with van der Waals surface area (Å²) in [5.41, 5.74) is 2.56. The van der Waals surface area contributed by atoms with Crippen molar-refractivity contribution >= 4 is 49.2 Å². The molecule has 0 bridgehead atoms. The Morgan fingerprint density at radius 2 is 2.17 bits per heavy atom. The number of nitrogens with zero attached hydrogens (tertiary/aromatic N) is 2. The van der Waals surface area contributed by atoms with Crippen LogP contribution in [0, 0.1) is 0 Å². The molecular weight excluding hydrogens is 392 g/mol. The molecule has 4 rings (SSSR count). The summed E-state index contributed by atoms with van der Waals surface area (Å²) in [6.07, 6.45) is 3.29. The van der Waals surface area contributed by atoms with Crippen molar-refractivity contribution in [1.82, 2.24) is 9.55 Å². The second kappa shape index (κ2) is 6.07. The molecule has 1 aliphatic carbocycles. The van der Waals surface area contributed by atoms with Crippen LogP contribution in [0.4, 0.5) is 0 Å². The highest BCUT2D eigenvalue weighted by atomic mass is 79.9. The average molecular weight is 407 g/mol. The molecule has 0 atom stereocenters. The molecule has 1 aliphatic rings. The third-order valence-electron chi connectivity index (χ3n) is 4.22. The minimum Gasteiger partial charge on any atom is -0.290 e. The van der Waals surface area contributed by atoms with Crippen molar-refractivity contribution in [2.45, 2.75) is 30.2 Å². The van der Waals surface area contributed by atoms with Gasteiger partial charge in [-0.2, -0.15) is 0 Å². The summed E-state index contributed by atoms with van der Waals surface area (Å²) < 4.78 is 2.79. The number of thiophene rings is 1. The van der Waals surface area contributed by atoms with Gasteiger partial charge in [-0.25, -0.2) is 4.98 Å². The first-order valence-electron chi connectivity index (χ1n) is 7.52. The van der Waals surface area contributed by atoms with Gasteiger partial charge < -0.3 is 0 Å². The highest BCUT2D eigenvalue weighted by Gasteiger charge is 2.22. The predicted molar refractivity (Wildman–Crippen MR) is 101 cm³/mol. The normalized spacial score (nSPS) is 13.7. The summed E-state index contributed by atoms with van der Waals surface area (Å²) in [5, 5.41) is 1.65. The lowest BCUT2D eigenvalue weighted by Gasteiger charge is -2.08. The Morgan fingerprint density at radius 1 is 1.35 bits per heavy atom. The molecule has 0 unspecified atom stereocenters. The highest BCUT2D eigenvalue weighted by molar-refractivity contribution is 9.10. The van der Waals surface area contributed by atoms with Gasteiger partial charge >= 0.3 is 0 Å². The summed E-state index contributed by atoms with van der Waals surface area (Å²) in [4.78, 5) is 19.8. The molecule has 3 nitrogen and oxygen atoms in total. The highest BCUT2D eigenvalue weighted by Crippen LogP contribution is 2.35. The zero-order chi connectivity index (χ0) is 16.0. The van der Waals surface area contributed by atoms with Crippen LogP contribution in [0.1, 0.15) is 22.4 Å². The van der Waals surface area contributed by atoms with Crippen LogP contribution in [-0.2, 0) is 25.6 Å². The van der Waals surface area contributed by atoms with Crippen molar-refractivity contribution in [3.63, 3.8) is 0 Å². The molecule has 0 saturated carbocycles. The summed E-state index contributed by atoms with van der Waals surface area (Å²) in [6.45, 7) is 0. The molecule has 118 valence electrons. The molecule has 2 heterocycles. The molecule has 23 heavy (non-hydrogen) atoms. The van der Waals surface area contributed by atoms with Gasteiger partial charge in [-0.15, -0.1) is 11.3 Å². The molecule has 6 heteroatoms. The van der Waals surface area contributed by atoms with Gasteiger partial charge in [0.2, 0.25) is 0 Å². The van der Waals surface area contributed by atoms with Gasteiger partial charge in [0.25, 0.3) is 5.56 Å². The summed E-state index contributed by atoms with van der Waals surface area (Å²) in [6, 6.07) is 8.16. The lowest BCUT2D eigenvalue weighted by molar-refractivity contribution is 0.727. The van der Waals surface area contributed by atoms with E-state index in [-0.39, 0.29) is 5.56 Å². The first-order valence-corrected chi connectivity index (χ1v) is 10.1. The SMILES string of the molecule is Cn1c(SCc2ccccc2Br)nc2sc3c(c2c1=O)CCC3. The number of aromatic nitrogens is 2. The largest absolute Gasteiger partial charge is 0.290 e. The van der Waals surface area contributed by atoms with Crippen LogP contribution < -0.4 is 5.56 Å². The van der Waals surface area contributed by atoms with Gasteiger partial charge in [0, 0.05) is 22.2 Å². The predicted octanol–water partition coefficient (Wildman–Crippen LogP) is 4.54. The molecular formula is C17H15BrN2OS2. The Bertz CT molecular complexity index is 961. The second-order valence-electron chi connectivity index (χ2n) is 5.68. The van der Waals surface area contributed by atoms with Crippen LogP contribution in [0.25, 0.3) is 10.2 Å². The number of benzene rings is 1. The average Bonchev–Trinajstić information content (AvgIpc) is 3.11. The maximum Gasteiger partial charge on any atom is 0.262 e. The van der Waals surface area contributed by atoms with Crippen molar-refractivity contribution < 1.29 is 0 Å². The fourth-order valence-electron chi connectivity index (χ4n) is 2.99. The fourth-order valence-corrected chi connectivity index (χ4v) is 5.88. The molecule has 0 N–H and O–H groups in total. The first kappa shape index (κ1) is 15.4. The Hall–Kier alpha value is -1.11. The quantitative estimate of drug-likeness (QED) is 0.472. The van der Waals surface area contributed by atoms with Crippen molar-refractivity contribution in [1.29, 1.82) is 0 Å². The Morgan fingerprint density at radius 3 is 3.00 bits per heavy atom. The number of rotatable bonds is 3. The third-order valence-corrected chi connectivity index (χ3v) is 7.26. The molecule has 0 fully saturated rings. The van der Waals surface area contributed by atoms with Crippen LogP contribution in [-0.4, -0.2) is 9.55 Å². The van der Waals surface area contributed by atoms with Gasteiger partial charge in [-0.05, 0) is 36.5 Å². The summed E-state index contributed by atoms with van der Waals surface area (Å²) >= 11 is 6.89. The van der Waals surface area contributed by atoms with E-state index in [4.69, 9.17) is 4.98 Å². The number of aryl methyl sites for hydroxylation is 2. The van der Waals surface area contributed by atoms with E-state index in [2.05, 4.69) is 22.0 Å². The van der Waals surface area contributed by atoms with E-state index in [1.165, 1.54) is 22.4 Å². The first-order chi connectivity index (χ1) is 11.1. The topological polar surface area (TPSA) is 34.9 Å². The number of hydrogen-bond donors (Lipinski definition) is 0. The Balaban J connectivity index is 1.72. The van der Waals surface area contributed by atoms with Gasteiger partial charge in [0.15, 0.2) is 5.16 Å². The van der Waals surface area contributed by atoms with Crippen molar-refractivity contribution in [3.05, 3.63) is 55.1 Å². The van der Waals surface area contributed by atoms with E-state index in [0.29, 0.717) is 0 Å². The molecule has 3 aromatic rings. The van der Waals surface area contributed by atoms with Crippen LogP contribution in [0.2, 0.25) is 0 Å². The molecule has 1 aromatic carbocycles. The maximum atomic E-state index is 12.8. The molecule has 0 aliphatic heterocycles. The molecule has 0 amide bonds. The Labute approximate surface area is 150 Å². The number of fused-ring (bicyclic) bond motifs is 3. The fraction of sp³-hybridized carbons (Fsp3) is 0.294. The number of thioether (sulfide) groups is 1. The minimum absolute atomic E-state index is 0.101. The standard InChI is InChI=1S/C17H15BrN2OS2/c1-20-16(21)14-11-6-4-8-13(11)23-15(14)19-17(20)22-9-10-5-2-3-7-12(10)18/h2-3,5,7H,4,6,8-9H2,1H3. The smallest absolute Gasteiger partial charge is 0.262 e. The van der Waals surface area contributed by atoms with Crippen molar-refractivity contribution in [2.75, 3.05) is 0 Å². The lowest BCUT2D eigenvalue weighted by atomic mass is 10.2. The van der Waals surface area contributed by atoms with Crippen LogP contribution in [0.3, 0.4) is 0 Å². The maximum absolute atomic E-state index is 12.8. The van der Waals surface area contributed by atoms with Gasteiger partial charge in [-0.1, -0.05) is 45.9 Å². The van der Waals surface area contributed by atoms with E-state index in [0.717, 1.165) is 38.4 Å². The van der Waals surface area contributed by atoms with Crippen LogP contribution in [0.5, 0.6) is 0 Å². The minimum atomic E-state index is 0.101. The second-order valence-corrected chi connectivity index (χ2v) is 8.56.